The van der Waals surface area contributed by atoms with Gasteiger partial charge in [-0.3, -0.25) is 0 Å². The lowest BCUT2D eigenvalue weighted by molar-refractivity contribution is 0.149. The third-order valence-corrected chi connectivity index (χ3v) is 10.0. The van der Waals surface area contributed by atoms with Crippen LogP contribution in [0.5, 0.6) is 0 Å². The third kappa shape index (κ3) is 3.55. The van der Waals surface area contributed by atoms with Gasteiger partial charge in [-0.25, -0.2) is 16.8 Å². The molecule has 1 saturated heterocycles. The van der Waals surface area contributed by atoms with E-state index in [0.29, 0.717) is 26.1 Å². The maximum Gasteiger partial charge on any atom is 0.243 e. The molecule has 4 rings (SSSR count). The Hall–Kier alpha value is -1.00. The van der Waals surface area contributed by atoms with Crippen LogP contribution in [0.1, 0.15) is 36.8 Å². The van der Waals surface area contributed by atoms with Crippen LogP contribution < -0.4 is 0 Å². The van der Waals surface area contributed by atoms with Gasteiger partial charge in [-0.1, -0.05) is 6.07 Å². The smallest absolute Gasteiger partial charge is 0.243 e. The molecule has 2 aliphatic heterocycles. The van der Waals surface area contributed by atoms with Gasteiger partial charge in [0, 0.05) is 32.8 Å². The van der Waals surface area contributed by atoms with Crippen LogP contribution in [0.15, 0.2) is 23.1 Å². The first-order valence-corrected chi connectivity index (χ1v) is 12.4. The topological polar surface area (TPSA) is 84.0 Å². The average molecular weight is 415 g/mol. The Balaban J connectivity index is 1.61. The van der Waals surface area contributed by atoms with E-state index >= 15 is 0 Å². The van der Waals surface area contributed by atoms with Crippen LogP contribution in [0.2, 0.25) is 0 Å². The van der Waals surface area contributed by atoms with Gasteiger partial charge < -0.3 is 4.74 Å². The van der Waals surface area contributed by atoms with E-state index in [4.69, 9.17) is 4.74 Å². The Labute approximate surface area is 161 Å². The molecular weight excluding hydrogens is 388 g/mol. The molecule has 0 N–H and O–H groups in total. The molecule has 0 unspecified atom stereocenters. The second-order valence-electron chi connectivity index (χ2n) is 7.63. The summed E-state index contributed by atoms with van der Waals surface area (Å²) in [5, 5.41) is -0.245. The zero-order valence-electron chi connectivity index (χ0n) is 15.5. The number of hydrogen-bond donors (Lipinski definition) is 0. The molecule has 150 valence electrons. The molecule has 0 radical (unpaired) electrons. The van der Waals surface area contributed by atoms with Gasteiger partial charge in [-0.05, 0) is 55.4 Å². The molecule has 0 spiro atoms. The molecule has 1 saturated carbocycles. The van der Waals surface area contributed by atoms with E-state index in [0.717, 1.165) is 36.8 Å². The average Bonchev–Trinajstić information content (AvgIpc) is 3.41. The molecule has 0 amide bonds. The van der Waals surface area contributed by atoms with Gasteiger partial charge in [0.15, 0.2) is 0 Å². The normalized spacial score (nSPS) is 24.9. The highest BCUT2D eigenvalue weighted by Crippen LogP contribution is 2.34. The number of rotatable bonds is 6. The van der Waals surface area contributed by atoms with Crippen molar-refractivity contribution in [3.8, 4) is 0 Å². The molecule has 1 aromatic rings. The minimum absolute atomic E-state index is 0.136. The van der Waals surface area contributed by atoms with Crippen LogP contribution in [-0.2, 0) is 37.7 Å². The van der Waals surface area contributed by atoms with Crippen LogP contribution in [0, 0.1) is 0 Å². The number of fused-ring (bicyclic) bond motifs is 1. The summed E-state index contributed by atoms with van der Waals surface area (Å²) < 4.78 is 59.6. The second-order valence-corrected chi connectivity index (χ2v) is 11.7. The van der Waals surface area contributed by atoms with Gasteiger partial charge in [-0.15, -0.1) is 0 Å². The summed E-state index contributed by atoms with van der Waals surface area (Å²) in [6.07, 6.45) is 3.71. The molecule has 1 atom stereocenters. The summed E-state index contributed by atoms with van der Waals surface area (Å²) >= 11 is 0. The van der Waals surface area contributed by atoms with Crippen LogP contribution in [0.4, 0.5) is 0 Å². The van der Waals surface area contributed by atoms with E-state index in [1.54, 1.807) is 19.2 Å². The maximum atomic E-state index is 13.1. The van der Waals surface area contributed by atoms with E-state index in [1.165, 1.54) is 8.61 Å². The van der Waals surface area contributed by atoms with E-state index in [2.05, 4.69) is 0 Å². The van der Waals surface area contributed by atoms with Gasteiger partial charge in [0.25, 0.3) is 0 Å². The van der Waals surface area contributed by atoms with Crippen molar-refractivity contribution in [2.45, 2.75) is 54.8 Å². The fourth-order valence-corrected chi connectivity index (χ4v) is 7.63. The van der Waals surface area contributed by atoms with Gasteiger partial charge in [-0.2, -0.15) is 8.61 Å². The van der Waals surface area contributed by atoms with Crippen molar-refractivity contribution in [3.05, 3.63) is 29.3 Å². The van der Waals surface area contributed by atoms with Crippen LogP contribution in [0.3, 0.4) is 0 Å². The molecular formula is C18H26N2O5S2. The quantitative estimate of drug-likeness (QED) is 0.701. The maximum absolute atomic E-state index is 13.1. The number of benzene rings is 1. The summed E-state index contributed by atoms with van der Waals surface area (Å²) in [5.41, 5.74) is 1.83. The lowest BCUT2D eigenvalue weighted by Gasteiger charge is -2.29. The van der Waals surface area contributed by atoms with Crippen LogP contribution in [0.25, 0.3) is 0 Å². The van der Waals surface area contributed by atoms with Crippen molar-refractivity contribution in [3.63, 3.8) is 0 Å². The van der Waals surface area contributed by atoms with E-state index in [9.17, 15) is 16.8 Å². The summed E-state index contributed by atoms with van der Waals surface area (Å²) in [7, 11) is -5.29. The molecule has 9 heteroatoms. The van der Waals surface area contributed by atoms with Crippen molar-refractivity contribution in [2.24, 2.45) is 0 Å². The summed E-state index contributed by atoms with van der Waals surface area (Å²) in [6.45, 7) is 1.62. The highest BCUT2D eigenvalue weighted by molar-refractivity contribution is 7.90. The number of sulfonamides is 2. The summed E-state index contributed by atoms with van der Waals surface area (Å²) in [6, 6.07) is 5.02. The summed E-state index contributed by atoms with van der Waals surface area (Å²) in [4.78, 5) is 0.245. The molecule has 27 heavy (non-hydrogen) atoms. The second kappa shape index (κ2) is 7.11. The van der Waals surface area contributed by atoms with Crippen molar-refractivity contribution >= 4 is 20.0 Å². The Morgan fingerprint density at radius 2 is 1.85 bits per heavy atom. The summed E-state index contributed by atoms with van der Waals surface area (Å²) in [5.74, 6) is 0. The van der Waals surface area contributed by atoms with Crippen molar-refractivity contribution in [2.75, 3.05) is 26.8 Å². The predicted octanol–water partition coefficient (Wildman–Crippen LogP) is 1.34. The first kappa shape index (κ1) is 19.3. The highest BCUT2D eigenvalue weighted by atomic mass is 32.2. The van der Waals surface area contributed by atoms with Crippen molar-refractivity contribution in [1.82, 2.24) is 8.61 Å². The minimum Gasteiger partial charge on any atom is -0.383 e. The molecule has 1 aromatic carbocycles. The van der Waals surface area contributed by atoms with Crippen molar-refractivity contribution in [1.29, 1.82) is 0 Å². The van der Waals surface area contributed by atoms with E-state index in [-0.39, 0.29) is 22.7 Å². The SMILES string of the molecule is COC[C@H]1CCCN1S(=O)(=O)c1ccc2c(c1)CN(S(=O)(=O)C1CC1)CC2. The predicted molar refractivity (Wildman–Crippen MR) is 101 cm³/mol. The Morgan fingerprint density at radius 1 is 1.07 bits per heavy atom. The van der Waals surface area contributed by atoms with Gasteiger partial charge in [0.1, 0.15) is 0 Å². The van der Waals surface area contributed by atoms with E-state index in [1.807, 2.05) is 6.07 Å². The van der Waals surface area contributed by atoms with Gasteiger partial charge >= 0.3 is 0 Å². The number of ether oxygens (including phenoxy) is 1. The zero-order valence-corrected chi connectivity index (χ0v) is 17.1. The van der Waals surface area contributed by atoms with Gasteiger partial charge in [0.05, 0.1) is 16.8 Å². The lowest BCUT2D eigenvalue weighted by Crippen LogP contribution is -2.39. The van der Waals surface area contributed by atoms with Gasteiger partial charge in [0.2, 0.25) is 20.0 Å². The standard InChI is InChI=1S/C18H26N2O5S2/c1-25-13-16-3-2-9-20(16)27(23,24)18-5-4-14-8-10-19(12-15(14)11-18)26(21,22)17-6-7-17/h4-5,11,16-17H,2-3,6-10,12-13H2,1H3/t16-/m1/s1. The molecule has 1 aliphatic carbocycles. The Kier molecular flexibility index (Phi) is 5.09. The number of hydrogen-bond acceptors (Lipinski definition) is 5. The fourth-order valence-electron chi connectivity index (χ4n) is 4.08. The third-order valence-electron chi connectivity index (χ3n) is 5.75. The molecule has 7 nitrogen and oxygen atoms in total. The fraction of sp³-hybridized carbons (Fsp3) is 0.667. The number of nitrogens with zero attached hydrogens (tertiary/aromatic N) is 2. The first-order chi connectivity index (χ1) is 12.8. The van der Waals surface area contributed by atoms with E-state index < -0.39 is 20.0 Å². The molecule has 0 aromatic heterocycles. The van der Waals surface area contributed by atoms with Crippen LogP contribution >= 0.6 is 0 Å². The Bertz CT molecular complexity index is 925. The molecule has 2 fully saturated rings. The molecule has 2 heterocycles. The largest absolute Gasteiger partial charge is 0.383 e. The van der Waals surface area contributed by atoms with Crippen molar-refractivity contribution < 1.29 is 21.6 Å². The minimum atomic E-state index is -3.62. The first-order valence-electron chi connectivity index (χ1n) is 9.45. The lowest BCUT2D eigenvalue weighted by atomic mass is 10.0. The zero-order chi connectivity index (χ0) is 19.2. The Morgan fingerprint density at radius 3 is 2.56 bits per heavy atom. The highest BCUT2D eigenvalue weighted by Gasteiger charge is 2.41. The molecule has 0 bridgehead atoms. The number of methoxy groups -OCH3 is 1. The van der Waals surface area contributed by atoms with Crippen LogP contribution in [-0.4, -0.2) is 63.5 Å². The monoisotopic (exact) mass is 414 g/mol. The molecule has 3 aliphatic rings.